The molecule has 2 aliphatic carbocycles. The SMILES string of the molecule is O=C(Nc1ccccc1)c1c[nH]c2c1-c1nc(C3CC3)[nH]c1CCC2. The minimum absolute atomic E-state index is 0.0903. The Morgan fingerprint density at radius 3 is 2.72 bits per heavy atom. The Labute approximate surface area is 145 Å². The molecule has 3 aromatic rings. The quantitative estimate of drug-likeness (QED) is 0.677. The van der Waals surface area contributed by atoms with Crippen molar-refractivity contribution in [2.45, 2.75) is 38.0 Å². The summed E-state index contributed by atoms with van der Waals surface area (Å²) >= 11 is 0. The van der Waals surface area contributed by atoms with Crippen molar-refractivity contribution in [1.82, 2.24) is 15.0 Å². The molecule has 5 heteroatoms. The van der Waals surface area contributed by atoms with Crippen LogP contribution >= 0.6 is 0 Å². The van der Waals surface area contributed by atoms with E-state index in [2.05, 4.69) is 15.3 Å². The first-order valence-electron chi connectivity index (χ1n) is 8.95. The topological polar surface area (TPSA) is 73.6 Å². The number of para-hydroxylation sites is 1. The van der Waals surface area contributed by atoms with Gasteiger partial charge in [-0.05, 0) is 44.2 Å². The van der Waals surface area contributed by atoms with E-state index in [0.29, 0.717) is 11.5 Å². The number of carbonyl (C=O) groups excluding carboxylic acids is 1. The largest absolute Gasteiger partial charge is 0.364 e. The highest BCUT2D eigenvalue weighted by Crippen LogP contribution is 2.41. The summed E-state index contributed by atoms with van der Waals surface area (Å²) in [6.07, 6.45) is 7.24. The second-order valence-corrected chi connectivity index (χ2v) is 6.95. The first-order chi connectivity index (χ1) is 12.3. The van der Waals surface area contributed by atoms with Gasteiger partial charge in [0.2, 0.25) is 0 Å². The Bertz CT molecular complexity index is 934. The fourth-order valence-corrected chi connectivity index (χ4v) is 3.64. The number of aromatic nitrogens is 3. The number of fused-ring (bicyclic) bond motifs is 3. The molecule has 0 spiro atoms. The summed E-state index contributed by atoms with van der Waals surface area (Å²) in [7, 11) is 0. The van der Waals surface area contributed by atoms with Crippen LogP contribution in [0.5, 0.6) is 0 Å². The second kappa shape index (κ2) is 5.62. The number of aromatic amines is 2. The van der Waals surface area contributed by atoms with Crippen molar-refractivity contribution < 1.29 is 4.79 Å². The third kappa shape index (κ3) is 2.56. The Morgan fingerprint density at radius 1 is 1.12 bits per heavy atom. The fourth-order valence-electron chi connectivity index (χ4n) is 3.64. The van der Waals surface area contributed by atoms with Crippen molar-refractivity contribution in [2.24, 2.45) is 0 Å². The van der Waals surface area contributed by atoms with Gasteiger partial charge in [-0.15, -0.1) is 0 Å². The molecule has 3 N–H and O–H groups in total. The number of nitrogens with zero attached hydrogens (tertiary/aromatic N) is 1. The van der Waals surface area contributed by atoms with Crippen LogP contribution in [0.3, 0.4) is 0 Å². The molecule has 0 unspecified atom stereocenters. The van der Waals surface area contributed by atoms with E-state index in [9.17, 15) is 4.79 Å². The lowest BCUT2D eigenvalue weighted by Crippen LogP contribution is -2.12. The summed E-state index contributed by atoms with van der Waals surface area (Å²) in [6.45, 7) is 0. The number of benzene rings is 1. The molecular weight excluding hydrogens is 312 g/mol. The van der Waals surface area contributed by atoms with Crippen molar-refractivity contribution in [3.8, 4) is 11.3 Å². The number of nitrogens with one attached hydrogen (secondary N) is 3. The molecule has 0 aliphatic heterocycles. The molecule has 5 nitrogen and oxygen atoms in total. The minimum atomic E-state index is -0.0903. The van der Waals surface area contributed by atoms with Gasteiger partial charge in [0.05, 0.1) is 11.3 Å². The summed E-state index contributed by atoms with van der Waals surface area (Å²) in [5.74, 6) is 1.58. The van der Waals surface area contributed by atoms with Gasteiger partial charge < -0.3 is 15.3 Å². The lowest BCUT2D eigenvalue weighted by molar-refractivity contribution is 0.102. The van der Waals surface area contributed by atoms with Gasteiger partial charge in [-0.2, -0.15) is 0 Å². The van der Waals surface area contributed by atoms with Crippen LogP contribution in [-0.2, 0) is 12.8 Å². The second-order valence-electron chi connectivity index (χ2n) is 6.95. The monoisotopic (exact) mass is 332 g/mol. The van der Waals surface area contributed by atoms with E-state index in [4.69, 9.17) is 4.98 Å². The average molecular weight is 332 g/mol. The van der Waals surface area contributed by atoms with E-state index >= 15 is 0 Å². The zero-order valence-corrected chi connectivity index (χ0v) is 13.9. The molecule has 5 rings (SSSR count). The molecule has 1 amide bonds. The zero-order valence-electron chi connectivity index (χ0n) is 13.9. The Balaban J connectivity index is 1.55. The highest BCUT2D eigenvalue weighted by atomic mass is 16.1. The van der Waals surface area contributed by atoms with E-state index in [-0.39, 0.29) is 5.91 Å². The average Bonchev–Trinajstić information content (AvgIpc) is 3.30. The maximum atomic E-state index is 12.9. The van der Waals surface area contributed by atoms with Gasteiger partial charge in [-0.1, -0.05) is 18.2 Å². The highest BCUT2D eigenvalue weighted by molar-refractivity contribution is 6.09. The normalized spacial score (nSPS) is 16.0. The van der Waals surface area contributed by atoms with Crippen molar-refractivity contribution >= 4 is 11.6 Å². The molecule has 0 radical (unpaired) electrons. The number of rotatable bonds is 3. The molecule has 126 valence electrons. The maximum Gasteiger partial charge on any atom is 0.257 e. The number of carbonyl (C=O) groups is 1. The molecule has 1 fully saturated rings. The third-order valence-corrected chi connectivity index (χ3v) is 5.09. The molecule has 2 heterocycles. The predicted octanol–water partition coefficient (Wildman–Crippen LogP) is 4.02. The Morgan fingerprint density at radius 2 is 1.92 bits per heavy atom. The minimum Gasteiger partial charge on any atom is -0.364 e. The molecule has 0 saturated heterocycles. The van der Waals surface area contributed by atoms with Gasteiger partial charge in [0, 0.05) is 34.8 Å². The predicted molar refractivity (Wildman–Crippen MR) is 96.8 cm³/mol. The number of anilines is 1. The van der Waals surface area contributed by atoms with Crippen LogP contribution in [0, 0.1) is 0 Å². The van der Waals surface area contributed by atoms with Crippen LogP contribution in [0.1, 0.15) is 52.8 Å². The fraction of sp³-hybridized carbons (Fsp3) is 0.300. The molecule has 2 aromatic heterocycles. The highest BCUT2D eigenvalue weighted by Gasteiger charge is 2.31. The van der Waals surface area contributed by atoms with Gasteiger partial charge in [-0.25, -0.2) is 4.98 Å². The number of imidazole rings is 1. The lowest BCUT2D eigenvalue weighted by atomic mass is 10.1. The summed E-state index contributed by atoms with van der Waals surface area (Å²) in [4.78, 5) is 24.6. The number of hydrogen-bond donors (Lipinski definition) is 3. The smallest absolute Gasteiger partial charge is 0.257 e. The molecule has 0 bridgehead atoms. The summed E-state index contributed by atoms with van der Waals surface area (Å²) in [6, 6.07) is 9.57. The first-order valence-corrected chi connectivity index (χ1v) is 8.95. The van der Waals surface area contributed by atoms with E-state index in [0.717, 1.165) is 47.7 Å². The maximum absolute atomic E-state index is 12.9. The Kier molecular flexibility index (Phi) is 3.26. The van der Waals surface area contributed by atoms with Crippen LogP contribution in [-0.4, -0.2) is 20.9 Å². The van der Waals surface area contributed by atoms with Crippen molar-refractivity contribution in [1.29, 1.82) is 0 Å². The van der Waals surface area contributed by atoms with Crippen LogP contribution in [0.15, 0.2) is 36.5 Å². The zero-order chi connectivity index (χ0) is 16.8. The van der Waals surface area contributed by atoms with E-state index < -0.39 is 0 Å². The van der Waals surface area contributed by atoms with E-state index in [1.165, 1.54) is 18.5 Å². The van der Waals surface area contributed by atoms with E-state index in [1.807, 2.05) is 36.5 Å². The van der Waals surface area contributed by atoms with Crippen LogP contribution in [0.4, 0.5) is 5.69 Å². The van der Waals surface area contributed by atoms with Crippen molar-refractivity contribution in [3.05, 3.63) is 59.3 Å². The summed E-state index contributed by atoms with van der Waals surface area (Å²) in [5, 5.41) is 2.99. The van der Waals surface area contributed by atoms with Gasteiger partial charge in [-0.3, -0.25) is 4.79 Å². The molecular formula is C20H20N4O. The number of amides is 1. The van der Waals surface area contributed by atoms with Gasteiger partial charge >= 0.3 is 0 Å². The van der Waals surface area contributed by atoms with Crippen molar-refractivity contribution in [3.63, 3.8) is 0 Å². The summed E-state index contributed by atoms with van der Waals surface area (Å²) in [5.41, 5.74) is 5.71. The number of H-pyrrole nitrogens is 2. The molecule has 1 aromatic carbocycles. The third-order valence-electron chi connectivity index (χ3n) is 5.09. The standard InChI is InChI=1S/C20H20N4O/c25-20(22-13-5-2-1-3-6-13)14-11-21-15-7-4-8-16-18(17(14)15)24-19(23-16)12-9-10-12/h1-3,5-6,11-12,21H,4,7-10H2,(H,22,25)(H,23,24). The lowest BCUT2D eigenvalue weighted by Gasteiger charge is -2.06. The van der Waals surface area contributed by atoms with Crippen LogP contribution in [0.25, 0.3) is 11.3 Å². The Hall–Kier alpha value is -2.82. The first kappa shape index (κ1) is 14.5. The molecule has 25 heavy (non-hydrogen) atoms. The number of aryl methyl sites for hydroxylation is 2. The van der Waals surface area contributed by atoms with Crippen LogP contribution in [0.2, 0.25) is 0 Å². The van der Waals surface area contributed by atoms with Crippen LogP contribution < -0.4 is 5.32 Å². The molecule has 1 saturated carbocycles. The molecule has 0 atom stereocenters. The van der Waals surface area contributed by atoms with E-state index in [1.54, 1.807) is 0 Å². The summed E-state index contributed by atoms with van der Waals surface area (Å²) < 4.78 is 0. The van der Waals surface area contributed by atoms with Gasteiger partial charge in [0.15, 0.2) is 0 Å². The number of hydrogen-bond acceptors (Lipinski definition) is 2. The van der Waals surface area contributed by atoms with Gasteiger partial charge in [0.1, 0.15) is 5.82 Å². The van der Waals surface area contributed by atoms with Gasteiger partial charge in [0.25, 0.3) is 5.91 Å². The molecule has 2 aliphatic rings. The van der Waals surface area contributed by atoms with Crippen molar-refractivity contribution in [2.75, 3.05) is 5.32 Å².